The van der Waals surface area contributed by atoms with Gasteiger partial charge in [-0.2, -0.15) is 0 Å². The highest BCUT2D eigenvalue weighted by Crippen LogP contribution is 2.26. The van der Waals surface area contributed by atoms with E-state index in [2.05, 4.69) is 0 Å². The average Bonchev–Trinajstić information content (AvgIpc) is 2.40. The maximum absolute atomic E-state index is 14.4. The van der Waals surface area contributed by atoms with Gasteiger partial charge in [-0.05, 0) is 30.2 Å². The largest absolute Gasteiger partial charge is 0.393 e. The molecule has 0 bridgehead atoms. The Morgan fingerprint density at radius 1 is 1.19 bits per heavy atom. The van der Waals surface area contributed by atoms with E-state index in [9.17, 15) is 17.9 Å². The molecule has 1 unspecified atom stereocenters. The lowest BCUT2D eigenvalue weighted by atomic mass is 9.99. The minimum Gasteiger partial charge on any atom is -0.393 e. The summed E-state index contributed by atoms with van der Waals surface area (Å²) in [5.41, 5.74) is 1.32. The molecule has 0 saturated heterocycles. The minimum atomic E-state index is -3.76. The summed E-state index contributed by atoms with van der Waals surface area (Å²) >= 11 is 0. The Morgan fingerprint density at radius 3 is 2.33 bits per heavy atom. The number of aliphatic hydroxyl groups excluding tert-OH is 1. The Balaban J connectivity index is 2.43. The summed E-state index contributed by atoms with van der Waals surface area (Å²) in [6, 6.07) is 10.6. The van der Waals surface area contributed by atoms with Crippen LogP contribution in [0.5, 0.6) is 0 Å². The summed E-state index contributed by atoms with van der Waals surface area (Å²) in [6.45, 7) is 1.59. The van der Waals surface area contributed by atoms with Gasteiger partial charge in [-0.15, -0.1) is 0 Å². The number of halogens is 1. The summed E-state index contributed by atoms with van der Waals surface area (Å²) < 4.78 is 36.8. The molecule has 2 aromatic carbocycles. The Bertz CT molecular complexity index is 740. The number of primary sulfonamides is 1. The van der Waals surface area contributed by atoms with E-state index in [1.807, 2.05) is 0 Å². The highest BCUT2D eigenvalue weighted by atomic mass is 32.2. The van der Waals surface area contributed by atoms with Crippen molar-refractivity contribution in [3.8, 4) is 11.1 Å². The van der Waals surface area contributed by atoms with Crippen molar-refractivity contribution in [1.29, 1.82) is 0 Å². The first kappa shape index (κ1) is 15.6. The smallest absolute Gasteiger partial charge is 0.238 e. The summed E-state index contributed by atoms with van der Waals surface area (Å²) in [5.74, 6) is -0.415. The molecule has 0 amide bonds. The Hall–Kier alpha value is -1.76. The van der Waals surface area contributed by atoms with Crippen molar-refractivity contribution in [3.05, 3.63) is 53.8 Å². The van der Waals surface area contributed by atoms with E-state index in [1.54, 1.807) is 25.1 Å². The second-order valence-electron chi connectivity index (χ2n) is 4.90. The minimum absolute atomic E-state index is 0.0215. The fourth-order valence-electron chi connectivity index (χ4n) is 2.10. The lowest BCUT2D eigenvalue weighted by molar-refractivity contribution is 0.194. The molecule has 0 spiro atoms. The van der Waals surface area contributed by atoms with E-state index < -0.39 is 21.9 Å². The van der Waals surface area contributed by atoms with Crippen molar-refractivity contribution in [1.82, 2.24) is 0 Å². The number of sulfonamides is 1. The third kappa shape index (κ3) is 3.66. The maximum atomic E-state index is 14.4. The molecule has 0 radical (unpaired) electrons. The standard InChI is InChI=1S/C15H16FNO3S/c1-10(18)9-12-3-2-4-14(15(12)16)11-5-7-13(8-6-11)21(17,19)20/h2-8,10,18H,9H2,1H3,(H2,17,19,20). The molecule has 0 fully saturated rings. The molecule has 0 aliphatic heterocycles. The summed E-state index contributed by atoms with van der Waals surface area (Å²) in [5, 5.41) is 14.4. The Labute approximate surface area is 123 Å². The third-order valence-electron chi connectivity index (χ3n) is 3.09. The zero-order chi connectivity index (χ0) is 15.6. The first-order chi connectivity index (χ1) is 9.79. The van der Waals surface area contributed by atoms with Gasteiger partial charge in [-0.3, -0.25) is 0 Å². The normalized spacial score (nSPS) is 13.1. The van der Waals surface area contributed by atoms with E-state index in [1.165, 1.54) is 24.3 Å². The van der Waals surface area contributed by atoms with Gasteiger partial charge < -0.3 is 5.11 Å². The van der Waals surface area contributed by atoms with Crippen LogP contribution in [0.1, 0.15) is 12.5 Å². The molecule has 3 N–H and O–H groups in total. The lowest BCUT2D eigenvalue weighted by Gasteiger charge is -2.10. The fourth-order valence-corrected chi connectivity index (χ4v) is 2.62. The van der Waals surface area contributed by atoms with Crippen molar-refractivity contribution in [2.45, 2.75) is 24.3 Å². The van der Waals surface area contributed by atoms with E-state index in [-0.39, 0.29) is 11.3 Å². The molecule has 2 rings (SSSR count). The van der Waals surface area contributed by atoms with Crippen molar-refractivity contribution in [2.24, 2.45) is 5.14 Å². The van der Waals surface area contributed by atoms with Crippen LogP contribution >= 0.6 is 0 Å². The van der Waals surface area contributed by atoms with E-state index in [4.69, 9.17) is 5.14 Å². The molecule has 1 atom stereocenters. The number of benzene rings is 2. The van der Waals surface area contributed by atoms with Gasteiger partial charge in [-0.1, -0.05) is 30.3 Å². The molecule has 2 aromatic rings. The van der Waals surface area contributed by atoms with Crippen LogP contribution < -0.4 is 5.14 Å². The van der Waals surface area contributed by atoms with Crippen LogP contribution in [0.25, 0.3) is 11.1 Å². The molecule has 21 heavy (non-hydrogen) atoms. The monoisotopic (exact) mass is 309 g/mol. The molecule has 0 aliphatic carbocycles. The molecule has 0 aromatic heterocycles. The van der Waals surface area contributed by atoms with Gasteiger partial charge in [0, 0.05) is 12.0 Å². The van der Waals surface area contributed by atoms with Crippen LogP contribution in [-0.4, -0.2) is 19.6 Å². The molecule has 0 heterocycles. The Morgan fingerprint density at radius 2 is 1.81 bits per heavy atom. The van der Waals surface area contributed by atoms with Crippen LogP contribution in [0, 0.1) is 5.82 Å². The summed E-state index contributed by atoms with van der Waals surface area (Å²) in [4.78, 5) is -0.0215. The topological polar surface area (TPSA) is 80.4 Å². The van der Waals surface area contributed by atoms with Crippen molar-refractivity contribution < 1.29 is 17.9 Å². The SMILES string of the molecule is CC(O)Cc1cccc(-c2ccc(S(N)(=O)=O)cc2)c1F. The first-order valence-corrected chi connectivity index (χ1v) is 7.92. The molecule has 0 saturated carbocycles. The van der Waals surface area contributed by atoms with E-state index >= 15 is 0 Å². The highest BCUT2D eigenvalue weighted by molar-refractivity contribution is 7.89. The summed E-state index contributed by atoms with van der Waals surface area (Å²) in [7, 11) is -3.76. The van der Waals surface area contributed by atoms with Gasteiger partial charge in [0.05, 0.1) is 11.0 Å². The van der Waals surface area contributed by atoms with Gasteiger partial charge >= 0.3 is 0 Å². The predicted molar refractivity (Wildman–Crippen MR) is 78.6 cm³/mol. The van der Waals surface area contributed by atoms with Gasteiger partial charge in [0.2, 0.25) is 10.0 Å². The Kier molecular flexibility index (Phi) is 4.41. The van der Waals surface area contributed by atoms with Crippen molar-refractivity contribution in [3.63, 3.8) is 0 Å². The van der Waals surface area contributed by atoms with Crippen molar-refractivity contribution in [2.75, 3.05) is 0 Å². The van der Waals surface area contributed by atoms with Crippen LogP contribution in [0.2, 0.25) is 0 Å². The molecule has 6 heteroatoms. The lowest BCUT2D eigenvalue weighted by Crippen LogP contribution is -2.11. The second kappa shape index (κ2) is 5.93. The van der Waals surface area contributed by atoms with Crippen LogP contribution in [0.15, 0.2) is 47.4 Å². The van der Waals surface area contributed by atoms with Gasteiger partial charge in [0.1, 0.15) is 5.82 Å². The first-order valence-electron chi connectivity index (χ1n) is 6.37. The average molecular weight is 309 g/mol. The molecule has 4 nitrogen and oxygen atoms in total. The highest BCUT2D eigenvalue weighted by Gasteiger charge is 2.13. The van der Waals surface area contributed by atoms with Crippen LogP contribution in [-0.2, 0) is 16.4 Å². The van der Waals surface area contributed by atoms with E-state index in [0.717, 1.165) is 0 Å². The maximum Gasteiger partial charge on any atom is 0.238 e. The molecule has 0 aliphatic rings. The van der Waals surface area contributed by atoms with Gasteiger partial charge in [-0.25, -0.2) is 17.9 Å². The zero-order valence-electron chi connectivity index (χ0n) is 11.5. The van der Waals surface area contributed by atoms with Crippen molar-refractivity contribution >= 4 is 10.0 Å². The van der Waals surface area contributed by atoms with Gasteiger partial charge in [0.15, 0.2) is 0 Å². The second-order valence-corrected chi connectivity index (χ2v) is 6.46. The number of hydrogen-bond donors (Lipinski definition) is 2. The number of rotatable bonds is 4. The third-order valence-corrected chi connectivity index (χ3v) is 4.02. The summed E-state index contributed by atoms with van der Waals surface area (Å²) in [6.07, 6.45) is -0.422. The van der Waals surface area contributed by atoms with Crippen LogP contribution in [0.4, 0.5) is 4.39 Å². The van der Waals surface area contributed by atoms with E-state index in [0.29, 0.717) is 16.7 Å². The number of nitrogens with two attached hydrogens (primary N) is 1. The molecular weight excluding hydrogens is 293 g/mol. The quantitative estimate of drug-likeness (QED) is 0.907. The van der Waals surface area contributed by atoms with Crippen LogP contribution in [0.3, 0.4) is 0 Å². The molecule has 112 valence electrons. The fraction of sp³-hybridized carbons (Fsp3) is 0.200. The van der Waals surface area contributed by atoms with Gasteiger partial charge in [0.25, 0.3) is 0 Å². The predicted octanol–water partition coefficient (Wildman–Crippen LogP) is 2.06. The number of hydrogen-bond acceptors (Lipinski definition) is 3. The zero-order valence-corrected chi connectivity index (χ0v) is 12.3. The number of aliphatic hydroxyl groups is 1. The molecular formula is C15H16FNO3S.